The summed E-state index contributed by atoms with van der Waals surface area (Å²) in [5.41, 5.74) is 0. The third-order valence-electron chi connectivity index (χ3n) is 4.63. The summed E-state index contributed by atoms with van der Waals surface area (Å²) in [5, 5.41) is 0. The number of hydrogen-bond donors (Lipinski definition) is 0. The molecule has 0 bridgehead atoms. The lowest BCUT2D eigenvalue weighted by molar-refractivity contribution is 0.257. The maximum atomic E-state index is 2.43. The minimum absolute atomic E-state index is 0. The first-order chi connectivity index (χ1) is 9.04. The Kier molecular flexibility index (Phi) is 21.3. The zero-order valence-corrected chi connectivity index (χ0v) is 15.3. The Bertz CT molecular complexity index is 159. The lowest BCUT2D eigenvalue weighted by atomic mass is 9.80. The fourth-order valence-corrected chi connectivity index (χ4v) is 2.68. The first kappa shape index (κ1) is 25.0. The van der Waals surface area contributed by atoms with E-state index in [1.807, 2.05) is 13.8 Å². The Morgan fingerprint density at radius 3 is 1.60 bits per heavy atom. The molecule has 126 valence electrons. The third-order valence-corrected chi connectivity index (χ3v) is 4.63. The van der Waals surface area contributed by atoms with Gasteiger partial charge in [0.2, 0.25) is 0 Å². The summed E-state index contributed by atoms with van der Waals surface area (Å²) in [7, 11) is 0. The predicted molar refractivity (Wildman–Crippen MR) is 98.4 cm³/mol. The van der Waals surface area contributed by atoms with E-state index in [0.29, 0.717) is 0 Å². The van der Waals surface area contributed by atoms with Crippen LogP contribution in [0.3, 0.4) is 0 Å². The monoisotopic (exact) mass is 286 g/mol. The molecule has 0 aromatic rings. The van der Waals surface area contributed by atoms with Crippen LogP contribution in [0.15, 0.2) is 0 Å². The van der Waals surface area contributed by atoms with Gasteiger partial charge in [-0.15, -0.1) is 0 Å². The van der Waals surface area contributed by atoms with Crippen LogP contribution in [0.2, 0.25) is 0 Å². The van der Waals surface area contributed by atoms with Crippen LogP contribution in [-0.4, -0.2) is 0 Å². The first-order valence-electron chi connectivity index (χ1n) is 9.04. The van der Waals surface area contributed by atoms with Crippen LogP contribution in [0.5, 0.6) is 0 Å². The second-order valence-corrected chi connectivity index (χ2v) is 6.38. The quantitative estimate of drug-likeness (QED) is 0.382. The van der Waals surface area contributed by atoms with E-state index < -0.39 is 0 Å². The maximum Gasteiger partial charge on any atom is -0.0412 e. The molecule has 3 atom stereocenters. The van der Waals surface area contributed by atoms with Gasteiger partial charge in [0.25, 0.3) is 0 Å². The molecule has 0 heterocycles. The zero-order valence-electron chi connectivity index (χ0n) is 15.3. The van der Waals surface area contributed by atoms with Crippen molar-refractivity contribution in [3.05, 3.63) is 0 Å². The molecular formula is C20H46. The molecule has 0 fully saturated rings. The molecule has 3 unspecified atom stereocenters. The Morgan fingerprint density at radius 2 is 1.25 bits per heavy atom. The van der Waals surface area contributed by atoms with E-state index in [4.69, 9.17) is 0 Å². The molecule has 0 saturated heterocycles. The Hall–Kier alpha value is 0. The highest BCUT2D eigenvalue weighted by Crippen LogP contribution is 2.30. The molecule has 0 nitrogen and oxygen atoms in total. The van der Waals surface area contributed by atoms with Gasteiger partial charge in [-0.05, 0) is 36.5 Å². The van der Waals surface area contributed by atoms with Gasteiger partial charge in [-0.2, -0.15) is 0 Å². The fraction of sp³-hybridized carbons (Fsp3) is 1.00. The van der Waals surface area contributed by atoms with Crippen molar-refractivity contribution in [1.82, 2.24) is 0 Å². The molecule has 0 amide bonds. The van der Waals surface area contributed by atoms with Crippen LogP contribution in [0, 0.1) is 23.7 Å². The molecule has 0 aliphatic heterocycles. The molecule has 20 heavy (non-hydrogen) atoms. The van der Waals surface area contributed by atoms with E-state index in [1.165, 1.54) is 44.9 Å². The van der Waals surface area contributed by atoms with E-state index in [-0.39, 0.29) is 7.43 Å². The molecule has 0 aromatic carbocycles. The highest BCUT2D eigenvalue weighted by Gasteiger charge is 2.17. The summed E-state index contributed by atoms with van der Waals surface area (Å²) in [6, 6.07) is 0. The lowest BCUT2D eigenvalue weighted by Gasteiger charge is -2.26. The van der Waals surface area contributed by atoms with Crippen molar-refractivity contribution < 1.29 is 0 Å². The summed E-state index contributed by atoms with van der Waals surface area (Å²) in [6.45, 7) is 18.2. The standard InChI is InChI=1S/C17H36.C2H6.CH4/c1-7-10-11-16(8-2)13-17(9-3)12-15(6)14(4)5;1-2;/h14-17H,7-13H2,1-6H3;1-2H3;1H4. The third kappa shape index (κ3) is 13.0. The van der Waals surface area contributed by atoms with Crippen molar-refractivity contribution in [1.29, 1.82) is 0 Å². The highest BCUT2D eigenvalue weighted by molar-refractivity contribution is 4.69. The van der Waals surface area contributed by atoms with E-state index in [1.54, 1.807) is 0 Å². The van der Waals surface area contributed by atoms with E-state index in [9.17, 15) is 0 Å². The van der Waals surface area contributed by atoms with Gasteiger partial charge >= 0.3 is 0 Å². The molecule has 0 aliphatic rings. The predicted octanol–water partition coefficient (Wildman–Crippen LogP) is 7.96. The summed E-state index contributed by atoms with van der Waals surface area (Å²) in [6.07, 6.45) is 9.91. The van der Waals surface area contributed by atoms with Gasteiger partial charge in [0, 0.05) is 0 Å². The Labute approximate surface area is 132 Å². The van der Waals surface area contributed by atoms with Gasteiger partial charge in [-0.1, -0.05) is 94.9 Å². The van der Waals surface area contributed by atoms with Crippen LogP contribution in [0.4, 0.5) is 0 Å². The fourth-order valence-electron chi connectivity index (χ4n) is 2.68. The second kappa shape index (κ2) is 17.1. The maximum absolute atomic E-state index is 2.43. The molecule has 0 saturated carbocycles. The molecule has 0 heteroatoms. The number of hydrogen-bond acceptors (Lipinski definition) is 0. The smallest absolute Gasteiger partial charge is 0.0412 e. The molecule has 0 spiro atoms. The van der Waals surface area contributed by atoms with Crippen LogP contribution in [0.25, 0.3) is 0 Å². The zero-order chi connectivity index (χ0) is 15.3. The van der Waals surface area contributed by atoms with Gasteiger partial charge in [0.1, 0.15) is 0 Å². The topological polar surface area (TPSA) is 0 Å². The Morgan fingerprint density at radius 1 is 0.750 bits per heavy atom. The molecular weight excluding hydrogens is 240 g/mol. The SMILES string of the molecule is C.CC.CCCCC(CC)CC(CC)CC(C)C(C)C. The van der Waals surface area contributed by atoms with Crippen LogP contribution < -0.4 is 0 Å². The van der Waals surface area contributed by atoms with Crippen LogP contribution >= 0.6 is 0 Å². The van der Waals surface area contributed by atoms with Crippen molar-refractivity contribution in [3.63, 3.8) is 0 Å². The van der Waals surface area contributed by atoms with Crippen molar-refractivity contribution in [2.45, 2.75) is 108 Å². The van der Waals surface area contributed by atoms with Crippen molar-refractivity contribution >= 4 is 0 Å². The molecule has 0 radical (unpaired) electrons. The van der Waals surface area contributed by atoms with Gasteiger partial charge in [0.05, 0.1) is 0 Å². The summed E-state index contributed by atoms with van der Waals surface area (Å²) in [5.74, 6) is 3.69. The lowest BCUT2D eigenvalue weighted by Crippen LogP contribution is -2.14. The van der Waals surface area contributed by atoms with Gasteiger partial charge in [-0.25, -0.2) is 0 Å². The van der Waals surface area contributed by atoms with Crippen LogP contribution in [0.1, 0.15) is 108 Å². The number of rotatable bonds is 10. The van der Waals surface area contributed by atoms with Crippen molar-refractivity contribution in [2.24, 2.45) is 23.7 Å². The average Bonchev–Trinajstić information content (AvgIpc) is 2.43. The first-order valence-corrected chi connectivity index (χ1v) is 9.04. The van der Waals surface area contributed by atoms with E-state index >= 15 is 0 Å². The van der Waals surface area contributed by atoms with Gasteiger partial charge in [-0.3, -0.25) is 0 Å². The van der Waals surface area contributed by atoms with Gasteiger partial charge in [0.15, 0.2) is 0 Å². The molecule has 0 N–H and O–H groups in total. The summed E-state index contributed by atoms with van der Waals surface area (Å²) < 4.78 is 0. The molecule has 0 aromatic heterocycles. The largest absolute Gasteiger partial charge is 0.0776 e. The summed E-state index contributed by atoms with van der Waals surface area (Å²) in [4.78, 5) is 0. The van der Waals surface area contributed by atoms with Gasteiger partial charge < -0.3 is 0 Å². The van der Waals surface area contributed by atoms with E-state index in [2.05, 4.69) is 41.5 Å². The van der Waals surface area contributed by atoms with Crippen molar-refractivity contribution in [2.75, 3.05) is 0 Å². The minimum Gasteiger partial charge on any atom is -0.0776 e. The second-order valence-electron chi connectivity index (χ2n) is 6.38. The molecule has 0 aliphatic carbocycles. The van der Waals surface area contributed by atoms with Crippen molar-refractivity contribution in [3.8, 4) is 0 Å². The number of unbranched alkanes of at least 4 members (excludes halogenated alkanes) is 1. The highest BCUT2D eigenvalue weighted by atomic mass is 14.2. The molecule has 0 rings (SSSR count). The average molecular weight is 287 g/mol. The normalized spacial score (nSPS) is 14.8. The minimum atomic E-state index is 0. The summed E-state index contributed by atoms with van der Waals surface area (Å²) >= 11 is 0. The Balaban J connectivity index is -0.000000916. The van der Waals surface area contributed by atoms with E-state index in [0.717, 1.165) is 23.7 Å². The van der Waals surface area contributed by atoms with Crippen LogP contribution in [-0.2, 0) is 0 Å².